The van der Waals surface area contributed by atoms with Crippen LogP contribution in [0.15, 0.2) is 71.6 Å². The van der Waals surface area contributed by atoms with Crippen LogP contribution >= 0.6 is 11.6 Å². The summed E-state index contributed by atoms with van der Waals surface area (Å²) in [4.78, 5) is 28.9. The zero-order valence-corrected chi connectivity index (χ0v) is 25.9. The van der Waals surface area contributed by atoms with E-state index in [0.29, 0.717) is 17.2 Å². The van der Waals surface area contributed by atoms with Crippen molar-refractivity contribution in [1.82, 2.24) is 10.2 Å². The third kappa shape index (κ3) is 8.01. The molecular weight excluding hydrogens is 562 g/mol. The van der Waals surface area contributed by atoms with Crippen LogP contribution in [0.5, 0.6) is 5.75 Å². The minimum atomic E-state index is -4.21. The number of hydrogen-bond acceptors (Lipinski definition) is 5. The van der Waals surface area contributed by atoms with Gasteiger partial charge >= 0.3 is 0 Å². The van der Waals surface area contributed by atoms with Crippen LogP contribution in [0.25, 0.3) is 0 Å². The first-order valence-corrected chi connectivity index (χ1v) is 15.3. The molecular formula is C31H38ClN3O5S. The summed E-state index contributed by atoms with van der Waals surface area (Å²) in [6.07, 6.45) is 0.330. The van der Waals surface area contributed by atoms with Crippen LogP contribution < -0.4 is 14.4 Å². The van der Waals surface area contributed by atoms with E-state index in [1.165, 1.54) is 24.1 Å². The minimum absolute atomic E-state index is 0.0355. The van der Waals surface area contributed by atoms with Crippen LogP contribution in [0.1, 0.15) is 43.9 Å². The van der Waals surface area contributed by atoms with Gasteiger partial charge in [0, 0.05) is 17.6 Å². The highest BCUT2D eigenvalue weighted by atomic mass is 35.5. The SMILES string of the molecule is CC[C@H](C(=O)NC(C)C)N(Cc1ccc(Cl)cc1)C(=O)CN(c1cc(C)ccc1OC)S(=O)(=O)c1ccc(C)cc1. The number of benzene rings is 3. The summed E-state index contributed by atoms with van der Waals surface area (Å²) in [7, 11) is -2.76. The van der Waals surface area contributed by atoms with Gasteiger partial charge in [-0.05, 0) is 81.6 Å². The molecule has 3 aromatic carbocycles. The monoisotopic (exact) mass is 599 g/mol. The summed E-state index contributed by atoms with van der Waals surface area (Å²) in [5.41, 5.74) is 2.67. The number of methoxy groups -OCH3 is 1. The predicted octanol–water partition coefficient (Wildman–Crippen LogP) is 5.49. The predicted molar refractivity (Wildman–Crippen MR) is 163 cm³/mol. The van der Waals surface area contributed by atoms with Gasteiger partial charge in [-0.25, -0.2) is 8.42 Å². The minimum Gasteiger partial charge on any atom is -0.495 e. The molecule has 1 atom stereocenters. The van der Waals surface area contributed by atoms with Gasteiger partial charge < -0.3 is 15.0 Å². The smallest absolute Gasteiger partial charge is 0.264 e. The lowest BCUT2D eigenvalue weighted by molar-refractivity contribution is -0.140. The van der Waals surface area contributed by atoms with Crippen molar-refractivity contribution < 1.29 is 22.7 Å². The quantitative estimate of drug-likeness (QED) is 0.297. The van der Waals surface area contributed by atoms with Gasteiger partial charge in [-0.1, -0.05) is 54.4 Å². The van der Waals surface area contributed by atoms with Crippen molar-refractivity contribution in [3.63, 3.8) is 0 Å². The second-order valence-corrected chi connectivity index (χ2v) is 12.5. The highest BCUT2D eigenvalue weighted by Crippen LogP contribution is 2.34. The molecule has 220 valence electrons. The van der Waals surface area contributed by atoms with Crippen molar-refractivity contribution in [2.45, 2.75) is 64.6 Å². The fourth-order valence-corrected chi connectivity index (χ4v) is 5.97. The number of nitrogens with zero attached hydrogens (tertiary/aromatic N) is 2. The number of aryl methyl sites for hydroxylation is 2. The molecule has 0 spiro atoms. The second kappa shape index (κ2) is 13.9. The highest BCUT2D eigenvalue weighted by molar-refractivity contribution is 7.92. The molecule has 0 saturated carbocycles. The summed E-state index contributed by atoms with van der Waals surface area (Å²) in [5, 5.41) is 3.43. The molecule has 0 heterocycles. The molecule has 0 aromatic heterocycles. The fourth-order valence-electron chi connectivity index (χ4n) is 4.43. The van der Waals surface area contributed by atoms with E-state index >= 15 is 0 Å². The topological polar surface area (TPSA) is 96.0 Å². The Hall–Kier alpha value is -3.56. The summed E-state index contributed by atoms with van der Waals surface area (Å²) >= 11 is 6.07. The largest absolute Gasteiger partial charge is 0.495 e. The first kappa shape index (κ1) is 32.0. The third-order valence-electron chi connectivity index (χ3n) is 6.57. The number of rotatable bonds is 12. The Bertz CT molecular complexity index is 1460. The average molecular weight is 600 g/mol. The molecule has 0 unspecified atom stereocenters. The van der Waals surface area contributed by atoms with Gasteiger partial charge in [-0.3, -0.25) is 13.9 Å². The number of ether oxygens (including phenoxy) is 1. The van der Waals surface area contributed by atoms with E-state index < -0.39 is 28.5 Å². The molecule has 0 aliphatic heterocycles. The lowest BCUT2D eigenvalue weighted by Gasteiger charge is -2.34. The molecule has 8 nitrogen and oxygen atoms in total. The van der Waals surface area contributed by atoms with E-state index in [1.807, 2.05) is 34.6 Å². The van der Waals surface area contributed by atoms with Crippen LogP contribution in [0.3, 0.4) is 0 Å². The molecule has 0 radical (unpaired) electrons. The van der Waals surface area contributed by atoms with Gasteiger partial charge in [0.25, 0.3) is 10.0 Å². The Labute approximate surface area is 248 Å². The van der Waals surface area contributed by atoms with Crippen LogP contribution in [0, 0.1) is 13.8 Å². The molecule has 10 heteroatoms. The van der Waals surface area contributed by atoms with E-state index in [4.69, 9.17) is 16.3 Å². The maximum Gasteiger partial charge on any atom is 0.264 e. The number of nitrogens with one attached hydrogen (secondary N) is 1. The van der Waals surface area contributed by atoms with Crippen molar-refractivity contribution in [1.29, 1.82) is 0 Å². The van der Waals surface area contributed by atoms with Crippen LogP contribution in [-0.2, 0) is 26.2 Å². The van der Waals surface area contributed by atoms with Crippen LogP contribution in [-0.4, -0.2) is 50.9 Å². The standard InChI is InChI=1S/C31H38ClN3O5S/c1-7-27(31(37)33-21(2)3)34(19-24-11-13-25(32)14-12-24)30(36)20-35(28-18-23(5)10-17-29(28)40-6)41(38,39)26-15-8-22(4)9-16-26/h8-18,21,27H,7,19-20H2,1-6H3,(H,33,37)/t27-/m1/s1. The average Bonchev–Trinajstić information content (AvgIpc) is 2.92. The fraction of sp³-hybridized carbons (Fsp3) is 0.355. The second-order valence-electron chi connectivity index (χ2n) is 10.2. The molecule has 0 aliphatic carbocycles. The van der Waals surface area contributed by atoms with E-state index in [9.17, 15) is 18.0 Å². The normalized spacial score (nSPS) is 12.1. The lowest BCUT2D eigenvalue weighted by atomic mass is 10.1. The summed E-state index contributed by atoms with van der Waals surface area (Å²) in [5.74, 6) is -0.552. The first-order valence-electron chi connectivity index (χ1n) is 13.5. The van der Waals surface area contributed by atoms with Gasteiger partial charge in [-0.15, -0.1) is 0 Å². The zero-order valence-electron chi connectivity index (χ0n) is 24.3. The summed E-state index contributed by atoms with van der Waals surface area (Å²) < 4.78 is 34.8. The van der Waals surface area contributed by atoms with E-state index in [1.54, 1.807) is 54.6 Å². The number of carbonyl (C=O) groups is 2. The molecule has 2 amide bonds. The molecule has 0 saturated heterocycles. The Kier molecular flexibility index (Phi) is 10.8. The Morgan fingerprint density at radius 3 is 2.12 bits per heavy atom. The summed E-state index contributed by atoms with van der Waals surface area (Å²) in [6, 6.07) is 17.6. The van der Waals surface area contributed by atoms with E-state index in [-0.39, 0.29) is 29.1 Å². The lowest BCUT2D eigenvalue weighted by Crippen LogP contribution is -2.53. The molecule has 1 N–H and O–H groups in total. The van der Waals surface area contributed by atoms with Crippen molar-refractivity contribution in [3.8, 4) is 5.75 Å². The van der Waals surface area contributed by atoms with E-state index in [2.05, 4.69) is 5.32 Å². The van der Waals surface area contributed by atoms with Gasteiger partial charge in [0.05, 0.1) is 17.7 Å². The van der Waals surface area contributed by atoms with Gasteiger partial charge in [-0.2, -0.15) is 0 Å². The Morgan fingerprint density at radius 2 is 1.56 bits per heavy atom. The number of carbonyl (C=O) groups excluding carboxylic acids is 2. The maximum atomic E-state index is 14.2. The number of hydrogen-bond donors (Lipinski definition) is 1. The molecule has 41 heavy (non-hydrogen) atoms. The molecule has 0 fully saturated rings. The van der Waals surface area contributed by atoms with Gasteiger partial charge in [0.2, 0.25) is 11.8 Å². The Balaban J connectivity index is 2.13. The maximum absolute atomic E-state index is 14.2. The summed E-state index contributed by atoms with van der Waals surface area (Å²) in [6.45, 7) is 8.74. The van der Waals surface area contributed by atoms with Crippen molar-refractivity contribution in [2.24, 2.45) is 0 Å². The van der Waals surface area contributed by atoms with Crippen LogP contribution in [0.4, 0.5) is 5.69 Å². The third-order valence-corrected chi connectivity index (χ3v) is 8.60. The molecule has 3 rings (SSSR count). The number of sulfonamides is 1. The Morgan fingerprint density at radius 1 is 0.951 bits per heavy atom. The van der Waals surface area contributed by atoms with Crippen LogP contribution in [0.2, 0.25) is 5.02 Å². The van der Waals surface area contributed by atoms with Gasteiger partial charge in [0.15, 0.2) is 0 Å². The van der Waals surface area contributed by atoms with Crippen molar-refractivity contribution in [3.05, 3.63) is 88.4 Å². The number of anilines is 1. The van der Waals surface area contributed by atoms with Crippen molar-refractivity contribution >= 4 is 39.1 Å². The molecule has 0 aliphatic rings. The number of halogens is 1. The van der Waals surface area contributed by atoms with Gasteiger partial charge in [0.1, 0.15) is 18.3 Å². The number of amides is 2. The van der Waals surface area contributed by atoms with E-state index in [0.717, 1.165) is 21.0 Å². The first-order chi connectivity index (χ1) is 19.4. The zero-order chi connectivity index (χ0) is 30.3. The molecule has 0 bridgehead atoms. The highest BCUT2D eigenvalue weighted by Gasteiger charge is 2.35. The van der Waals surface area contributed by atoms with Crippen molar-refractivity contribution in [2.75, 3.05) is 18.0 Å². The molecule has 3 aromatic rings.